The molecule has 1 saturated carbocycles. The highest BCUT2D eigenvalue weighted by molar-refractivity contribution is 5.33. The van der Waals surface area contributed by atoms with Gasteiger partial charge in [0, 0.05) is 0 Å². The largest absolute Gasteiger partial charge is 0.491 e. The molecular weight excluding hydrogens is 392 g/mol. The summed E-state index contributed by atoms with van der Waals surface area (Å²) in [6.07, 6.45) is 5.86. The van der Waals surface area contributed by atoms with Crippen molar-refractivity contribution >= 4 is 0 Å². The third kappa shape index (κ3) is 4.98. The summed E-state index contributed by atoms with van der Waals surface area (Å²) >= 11 is 0. The van der Waals surface area contributed by atoms with E-state index in [1.165, 1.54) is 6.07 Å². The Kier molecular flexibility index (Phi) is 7.79. The molecular formula is C25H30F4O. The van der Waals surface area contributed by atoms with E-state index in [1.807, 2.05) is 6.92 Å². The fourth-order valence-electron chi connectivity index (χ4n) is 4.54. The second kappa shape index (κ2) is 10.3. The van der Waals surface area contributed by atoms with Gasteiger partial charge in [-0.15, -0.1) is 0 Å². The van der Waals surface area contributed by atoms with E-state index in [4.69, 9.17) is 4.74 Å². The van der Waals surface area contributed by atoms with Crippen LogP contribution in [0, 0.1) is 29.2 Å². The summed E-state index contributed by atoms with van der Waals surface area (Å²) in [7, 11) is 0. The lowest BCUT2D eigenvalue weighted by Gasteiger charge is -2.29. The number of halogens is 4. The zero-order valence-corrected chi connectivity index (χ0v) is 17.7. The van der Waals surface area contributed by atoms with Gasteiger partial charge in [-0.1, -0.05) is 31.5 Å². The molecule has 0 bridgehead atoms. The molecule has 5 heteroatoms. The second-order valence-corrected chi connectivity index (χ2v) is 8.23. The number of aryl methyl sites for hydroxylation is 2. The van der Waals surface area contributed by atoms with Gasteiger partial charge in [-0.05, 0) is 86.5 Å². The van der Waals surface area contributed by atoms with Crippen molar-refractivity contribution in [2.45, 2.75) is 71.1 Å². The van der Waals surface area contributed by atoms with Crippen LogP contribution in [-0.2, 0) is 12.8 Å². The van der Waals surface area contributed by atoms with E-state index in [2.05, 4.69) is 0 Å². The highest BCUT2D eigenvalue weighted by Gasteiger charge is 2.27. The van der Waals surface area contributed by atoms with Crippen LogP contribution >= 0.6 is 0 Å². The summed E-state index contributed by atoms with van der Waals surface area (Å²) in [4.78, 5) is 0. The zero-order valence-electron chi connectivity index (χ0n) is 17.7. The van der Waals surface area contributed by atoms with Gasteiger partial charge in [0.25, 0.3) is 0 Å². The molecule has 164 valence electrons. The summed E-state index contributed by atoms with van der Waals surface area (Å²) in [6.45, 7) is 3.95. The smallest absolute Gasteiger partial charge is 0.200 e. The number of rotatable bonds is 8. The Morgan fingerprint density at radius 1 is 0.767 bits per heavy atom. The molecule has 0 spiro atoms. The number of hydrogen-bond donors (Lipinski definition) is 0. The molecule has 1 fully saturated rings. The molecule has 0 amide bonds. The molecule has 0 N–H and O–H groups in total. The monoisotopic (exact) mass is 422 g/mol. The van der Waals surface area contributed by atoms with Gasteiger partial charge in [0.2, 0.25) is 5.82 Å². The van der Waals surface area contributed by atoms with Crippen LogP contribution in [0.25, 0.3) is 0 Å². The Balaban J connectivity index is 1.57. The highest BCUT2D eigenvalue weighted by atomic mass is 19.2. The number of ether oxygens (including phenoxy) is 1. The fraction of sp³-hybridized carbons (Fsp3) is 0.520. The van der Waals surface area contributed by atoms with Crippen molar-refractivity contribution in [3.8, 4) is 5.75 Å². The van der Waals surface area contributed by atoms with Gasteiger partial charge in [0.15, 0.2) is 23.2 Å². The maximum absolute atomic E-state index is 14.5. The summed E-state index contributed by atoms with van der Waals surface area (Å²) < 4.78 is 62.2. The topological polar surface area (TPSA) is 9.23 Å². The minimum atomic E-state index is -0.916. The predicted molar refractivity (Wildman–Crippen MR) is 111 cm³/mol. The first-order chi connectivity index (χ1) is 14.5. The minimum Gasteiger partial charge on any atom is -0.491 e. The lowest BCUT2D eigenvalue weighted by atomic mass is 9.76. The van der Waals surface area contributed by atoms with Gasteiger partial charge in [0.05, 0.1) is 6.61 Å². The maximum Gasteiger partial charge on any atom is 0.200 e. The van der Waals surface area contributed by atoms with Gasteiger partial charge < -0.3 is 4.74 Å². The molecule has 0 saturated heterocycles. The molecule has 0 aromatic heterocycles. The molecule has 0 atom stereocenters. The van der Waals surface area contributed by atoms with Crippen molar-refractivity contribution in [1.82, 2.24) is 0 Å². The van der Waals surface area contributed by atoms with Crippen molar-refractivity contribution in [3.05, 3.63) is 64.2 Å². The van der Waals surface area contributed by atoms with E-state index in [9.17, 15) is 17.6 Å². The number of benzene rings is 2. The Hall–Kier alpha value is -2.04. The lowest BCUT2D eigenvalue weighted by molar-refractivity contribution is 0.296. The molecule has 1 nitrogen and oxygen atoms in total. The van der Waals surface area contributed by atoms with E-state index >= 15 is 0 Å². The van der Waals surface area contributed by atoms with Gasteiger partial charge in [-0.2, -0.15) is 4.39 Å². The first-order valence-electron chi connectivity index (χ1n) is 11.0. The first-order valence-corrected chi connectivity index (χ1v) is 11.0. The fourth-order valence-corrected chi connectivity index (χ4v) is 4.54. The summed E-state index contributed by atoms with van der Waals surface area (Å²) in [5, 5.41) is 0. The molecule has 30 heavy (non-hydrogen) atoms. The summed E-state index contributed by atoms with van der Waals surface area (Å²) in [5.41, 5.74) is 1.27. The van der Waals surface area contributed by atoms with E-state index in [-0.39, 0.29) is 18.3 Å². The lowest BCUT2D eigenvalue weighted by Crippen LogP contribution is -2.16. The van der Waals surface area contributed by atoms with Crippen LogP contribution in [0.15, 0.2) is 24.3 Å². The van der Waals surface area contributed by atoms with Crippen LogP contribution in [0.2, 0.25) is 0 Å². The summed E-state index contributed by atoms with van der Waals surface area (Å²) in [5.74, 6) is -2.85. The zero-order chi connectivity index (χ0) is 21.7. The Morgan fingerprint density at radius 2 is 1.40 bits per heavy atom. The third-order valence-electron chi connectivity index (χ3n) is 6.25. The molecule has 0 unspecified atom stereocenters. The van der Waals surface area contributed by atoms with Gasteiger partial charge in [-0.25, -0.2) is 13.2 Å². The Bertz CT molecular complexity index is 857. The van der Waals surface area contributed by atoms with Crippen molar-refractivity contribution in [3.63, 3.8) is 0 Å². The molecule has 0 aliphatic heterocycles. The molecule has 0 heterocycles. The molecule has 2 aromatic rings. The van der Waals surface area contributed by atoms with Crippen molar-refractivity contribution in [2.75, 3.05) is 6.61 Å². The van der Waals surface area contributed by atoms with Crippen LogP contribution in [0.1, 0.15) is 75.0 Å². The Labute approximate surface area is 176 Å². The van der Waals surface area contributed by atoms with Crippen molar-refractivity contribution < 1.29 is 22.3 Å². The van der Waals surface area contributed by atoms with Gasteiger partial charge in [-0.3, -0.25) is 0 Å². The van der Waals surface area contributed by atoms with Gasteiger partial charge in [0.1, 0.15) is 0 Å². The maximum atomic E-state index is 14.5. The molecule has 1 aliphatic rings. The molecule has 3 rings (SSSR count). The summed E-state index contributed by atoms with van der Waals surface area (Å²) in [6, 6.07) is 6.53. The predicted octanol–water partition coefficient (Wildman–Crippen LogP) is 7.50. The average molecular weight is 423 g/mol. The highest BCUT2D eigenvalue weighted by Crippen LogP contribution is 2.40. The minimum absolute atomic E-state index is 0.0195. The van der Waals surface area contributed by atoms with Crippen LogP contribution < -0.4 is 4.74 Å². The van der Waals surface area contributed by atoms with Crippen LogP contribution in [0.3, 0.4) is 0 Å². The third-order valence-corrected chi connectivity index (χ3v) is 6.25. The van der Waals surface area contributed by atoms with E-state index < -0.39 is 23.3 Å². The first kappa shape index (κ1) is 22.6. The number of hydrogen-bond acceptors (Lipinski definition) is 1. The van der Waals surface area contributed by atoms with Crippen LogP contribution in [0.5, 0.6) is 5.75 Å². The average Bonchev–Trinajstić information content (AvgIpc) is 2.75. The van der Waals surface area contributed by atoms with E-state index in [0.29, 0.717) is 35.4 Å². The SMILES string of the molecule is CCCc1ccc(CCC2CCC(c3ccc(OCC)c(F)c3F)CC2)c(F)c1F. The normalized spacial score (nSPS) is 19.1. The molecule has 2 aromatic carbocycles. The van der Waals surface area contributed by atoms with Gasteiger partial charge >= 0.3 is 0 Å². The van der Waals surface area contributed by atoms with Crippen molar-refractivity contribution in [1.29, 1.82) is 0 Å². The van der Waals surface area contributed by atoms with Crippen molar-refractivity contribution in [2.24, 2.45) is 5.92 Å². The molecule has 0 radical (unpaired) electrons. The van der Waals surface area contributed by atoms with E-state index in [0.717, 1.165) is 38.5 Å². The second-order valence-electron chi connectivity index (χ2n) is 8.23. The van der Waals surface area contributed by atoms with E-state index in [1.54, 1.807) is 25.1 Å². The quantitative estimate of drug-likeness (QED) is 0.400. The Morgan fingerprint density at radius 3 is 2.00 bits per heavy atom. The molecule has 1 aliphatic carbocycles. The van der Waals surface area contributed by atoms with Crippen LogP contribution in [0.4, 0.5) is 17.6 Å². The standard InChI is InChI=1S/C25H30F4O/c1-3-5-18-12-13-19(23(27)22(18)26)11-8-16-6-9-17(10-7-16)20-14-15-21(30-4-2)25(29)24(20)28/h12-17H,3-11H2,1-2H3. The van der Waals surface area contributed by atoms with Crippen LogP contribution in [-0.4, -0.2) is 6.61 Å².